The summed E-state index contributed by atoms with van der Waals surface area (Å²) in [6.45, 7) is 11.3. The average Bonchev–Trinajstić information content (AvgIpc) is 2.93. The Morgan fingerprint density at radius 3 is 2.52 bits per heavy atom. The van der Waals surface area contributed by atoms with Gasteiger partial charge in [-0.1, -0.05) is 47.0 Å². The van der Waals surface area contributed by atoms with E-state index >= 15 is 0 Å². The summed E-state index contributed by atoms with van der Waals surface area (Å²) in [5, 5.41) is 6.75. The van der Waals surface area contributed by atoms with Crippen LogP contribution in [-0.4, -0.2) is 33.8 Å². The van der Waals surface area contributed by atoms with Gasteiger partial charge in [-0.3, -0.25) is 14.9 Å². The summed E-state index contributed by atoms with van der Waals surface area (Å²) in [5.74, 6) is -0.0219. The Kier molecular flexibility index (Phi) is 6.22. The van der Waals surface area contributed by atoms with Crippen molar-refractivity contribution in [2.24, 2.45) is 0 Å². The smallest absolute Gasteiger partial charge is 0.283 e. The van der Waals surface area contributed by atoms with Gasteiger partial charge in [0.15, 0.2) is 0 Å². The van der Waals surface area contributed by atoms with E-state index in [0.29, 0.717) is 5.69 Å². The largest absolute Gasteiger partial charge is 0.283 e. The predicted molar refractivity (Wildman–Crippen MR) is 93.3 cm³/mol. The standard InChI is InChI=1S/C18H32N4O/c1-5-6-8-13-22-15(14-16(19-22)18(2,3)4)17(23)20-21-11-9-7-10-12-21/h14H,5-13H2,1-4H3,(H,20,23). The monoisotopic (exact) mass is 320 g/mol. The van der Waals surface area contributed by atoms with Gasteiger partial charge in [-0.15, -0.1) is 0 Å². The van der Waals surface area contributed by atoms with Crippen LogP contribution in [0.15, 0.2) is 6.07 Å². The molecule has 5 nitrogen and oxygen atoms in total. The van der Waals surface area contributed by atoms with Gasteiger partial charge >= 0.3 is 0 Å². The zero-order valence-corrected chi connectivity index (χ0v) is 15.2. The third kappa shape index (κ3) is 5.06. The lowest BCUT2D eigenvalue weighted by Gasteiger charge is -2.26. The molecule has 0 aromatic carbocycles. The quantitative estimate of drug-likeness (QED) is 0.816. The van der Waals surface area contributed by atoms with Gasteiger partial charge in [0.2, 0.25) is 0 Å². The SMILES string of the molecule is CCCCCn1nc(C(C)(C)C)cc1C(=O)NN1CCCCC1. The van der Waals surface area contributed by atoms with E-state index in [2.05, 4.69) is 33.1 Å². The fourth-order valence-electron chi connectivity index (χ4n) is 2.85. The third-order valence-corrected chi connectivity index (χ3v) is 4.37. The van der Waals surface area contributed by atoms with Gasteiger partial charge in [0.25, 0.3) is 5.91 Å². The molecule has 1 aromatic heterocycles. The number of hydrogen-bond acceptors (Lipinski definition) is 3. The molecule has 130 valence electrons. The molecule has 0 spiro atoms. The van der Waals surface area contributed by atoms with Crippen LogP contribution in [0.1, 0.15) is 82.4 Å². The number of piperidine rings is 1. The van der Waals surface area contributed by atoms with E-state index in [4.69, 9.17) is 5.10 Å². The van der Waals surface area contributed by atoms with E-state index in [9.17, 15) is 4.79 Å². The van der Waals surface area contributed by atoms with E-state index in [1.54, 1.807) is 0 Å². The van der Waals surface area contributed by atoms with Gasteiger partial charge in [-0.25, -0.2) is 5.01 Å². The maximum atomic E-state index is 12.7. The molecule has 0 radical (unpaired) electrons. The molecule has 0 saturated carbocycles. The van der Waals surface area contributed by atoms with Crippen LogP contribution < -0.4 is 5.43 Å². The number of hydrogen-bond donors (Lipinski definition) is 1. The molecular formula is C18H32N4O. The van der Waals surface area contributed by atoms with Crippen molar-refractivity contribution in [3.05, 3.63) is 17.5 Å². The number of hydrazine groups is 1. The number of amides is 1. The molecule has 1 aliphatic rings. The first-order valence-electron chi connectivity index (χ1n) is 9.06. The highest BCUT2D eigenvalue weighted by atomic mass is 16.2. The second kappa shape index (κ2) is 7.95. The molecule has 5 heteroatoms. The molecule has 1 amide bonds. The summed E-state index contributed by atoms with van der Waals surface area (Å²) in [6, 6.07) is 1.96. The summed E-state index contributed by atoms with van der Waals surface area (Å²) in [4.78, 5) is 12.7. The van der Waals surface area contributed by atoms with Crippen molar-refractivity contribution in [3.63, 3.8) is 0 Å². The van der Waals surface area contributed by atoms with Crippen molar-refractivity contribution in [3.8, 4) is 0 Å². The second-order valence-electron chi connectivity index (χ2n) is 7.58. The van der Waals surface area contributed by atoms with Crippen LogP contribution >= 0.6 is 0 Å². The molecular weight excluding hydrogens is 288 g/mol. The fraction of sp³-hybridized carbons (Fsp3) is 0.778. The van der Waals surface area contributed by atoms with Crippen LogP contribution in [0.3, 0.4) is 0 Å². The number of aryl methyl sites for hydroxylation is 1. The number of carbonyl (C=O) groups is 1. The Balaban J connectivity index is 2.12. The number of nitrogens with one attached hydrogen (secondary N) is 1. The first kappa shape index (κ1) is 18.0. The van der Waals surface area contributed by atoms with Crippen molar-refractivity contribution < 1.29 is 4.79 Å². The summed E-state index contributed by atoms with van der Waals surface area (Å²) >= 11 is 0. The van der Waals surface area contributed by atoms with Crippen molar-refractivity contribution >= 4 is 5.91 Å². The van der Waals surface area contributed by atoms with Crippen molar-refractivity contribution in [2.75, 3.05) is 13.1 Å². The molecule has 1 aromatic rings. The van der Waals surface area contributed by atoms with Gasteiger partial charge in [0.1, 0.15) is 5.69 Å². The predicted octanol–water partition coefficient (Wildman–Crippen LogP) is 3.50. The van der Waals surface area contributed by atoms with Crippen LogP contribution in [0.2, 0.25) is 0 Å². The van der Waals surface area contributed by atoms with Crippen LogP contribution in [0, 0.1) is 0 Å². The number of aromatic nitrogens is 2. The molecule has 1 aliphatic heterocycles. The van der Waals surface area contributed by atoms with Crippen molar-refractivity contribution in [1.29, 1.82) is 0 Å². The maximum absolute atomic E-state index is 12.7. The zero-order chi connectivity index (χ0) is 16.9. The maximum Gasteiger partial charge on any atom is 0.283 e. The fourth-order valence-corrected chi connectivity index (χ4v) is 2.85. The van der Waals surface area contributed by atoms with E-state index in [1.807, 2.05) is 15.8 Å². The van der Waals surface area contributed by atoms with E-state index in [-0.39, 0.29) is 11.3 Å². The van der Waals surface area contributed by atoms with Gasteiger partial charge in [0, 0.05) is 25.0 Å². The summed E-state index contributed by atoms with van der Waals surface area (Å²) in [5.41, 5.74) is 4.69. The lowest BCUT2D eigenvalue weighted by Crippen LogP contribution is -2.45. The van der Waals surface area contributed by atoms with Gasteiger partial charge in [-0.05, 0) is 25.3 Å². The molecule has 0 atom stereocenters. The van der Waals surface area contributed by atoms with E-state index in [1.165, 1.54) is 12.8 Å². The highest BCUT2D eigenvalue weighted by molar-refractivity contribution is 5.92. The highest BCUT2D eigenvalue weighted by Gasteiger charge is 2.24. The Bertz CT molecular complexity index is 510. The Morgan fingerprint density at radius 1 is 1.22 bits per heavy atom. The summed E-state index contributed by atoms with van der Waals surface area (Å²) < 4.78 is 1.90. The normalized spacial score (nSPS) is 16.5. The molecule has 23 heavy (non-hydrogen) atoms. The summed E-state index contributed by atoms with van der Waals surface area (Å²) in [6.07, 6.45) is 6.97. The first-order valence-corrected chi connectivity index (χ1v) is 9.06. The first-order chi connectivity index (χ1) is 10.9. The molecule has 1 N–H and O–H groups in total. The lowest BCUT2D eigenvalue weighted by atomic mass is 9.92. The van der Waals surface area contributed by atoms with Crippen LogP contribution in [0.5, 0.6) is 0 Å². The number of unbranched alkanes of at least 4 members (excludes halogenated alkanes) is 2. The van der Waals surface area contributed by atoms with Crippen LogP contribution in [0.4, 0.5) is 0 Å². The number of nitrogens with zero attached hydrogens (tertiary/aromatic N) is 3. The molecule has 2 rings (SSSR count). The minimum absolute atomic E-state index is 0.0219. The third-order valence-electron chi connectivity index (χ3n) is 4.37. The van der Waals surface area contributed by atoms with Crippen molar-refractivity contribution in [1.82, 2.24) is 20.2 Å². The molecule has 1 saturated heterocycles. The number of rotatable bonds is 6. The Morgan fingerprint density at radius 2 is 1.91 bits per heavy atom. The van der Waals surface area contributed by atoms with Crippen LogP contribution in [0.25, 0.3) is 0 Å². The Hall–Kier alpha value is -1.36. The van der Waals surface area contributed by atoms with Gasteiger partial charge < -0.3 is 0 Å². The van der Waals surface area contributed by atoms with Crippen molar-refractivity contribution in [2.45, 2.75) is 78.2 Å². The van der Waals surface area contributed by atoms with E-state index in [0.717, 1.165) is 51.0 Å². The molecule has 1 fully saturated rings. The highest BCUT2D eigenvalue weighted by Crippen LogP contribution is 2.22. The van der Waals surface area contributed by atoms with E-state index < -0.39 is 0 Å². The van der Waals surface area contributed by atoms with Gasteiger partial charge in [-0.2, -0.15) is 5.10 Å². The topological polar surface area (TPSA) is 50.2 Å². The molecule has 0 aliphatic carbocycles. The lowest BCUT2D eigenvalue weighted by molar-refractivity contribution is 0.0738. The zero-order valence-electron chi connectivity index (χ0n) is 15.2. The molecule has 2 heterocycles. The minimum atomic E-state index is -0.0455. The second-order valence-corrected chi connectivity index (χ2v) is 7.58. The average molecular weight is 320 g/mol. The number of carbonyl (C=O) groups excluding carboxylic acids is 1. The summed E-state index contributed by atoms with van der Waals surface area (Å²) in [7, 11) is 0. The van der Waals surface area contributed by atoms with Crippen LogP contribution in [-0.2, 0) is 12.0 Å². The Labute approximate surface area is 140 Å². The minimum Gasteiger partial charge on any atom is -0.283 e. The van der Waals surface area contributed by atoms with Gasteiger partial charge in [0.05, 0.1) is 5.69 Å². The molecule has 0 bridgehead atoms. The molecule has 0 unspecified atom stereocenters.